The Bertz CT molecular complexity index is 622. The summed E-state index contributed by atoms with van der Waals surface area (Å²) in [5.41, 5.74) is 1.19. The smallest absolute Gasteiger partial charge is 0.165 e. The van der Waals surface area contributed by atoms with E-state index in [1.165, 1.54) is 6.07 Å². The summed E-state index contributed by atoms with van der Waals surface area (Å²) in [7, 11) is 0. The van der Waals surface area contributed by atoms with Crippen molar-refractivity contribution in [2.45, 2.75) is 32.9 Å². The Labute approximate surface area is 133 Å². The molecular formula is C17H19BrFNO. The van der Waals surface area contributed by atoms with Crippen LogP contribution in [-0.2, 0) is 6.54 Å². The highest BCUT2D eigenvalue weighted by atomic mass is 79.9. The highest BCUT2D eigenvalue weighted by Gasteiger charge is 2.11. The van der Waals surface area contributed by atoms with Gasteiger partial charge in [0.2, 0.25) is 0 Å². The molecule has 0 saturated carbocycles. The van der Waals surface area contributed by atoms with Gasteiger partial charge in [0.05, 0.1) is 0 Å². The zero-order valence-corrected chi connectivity index (χ0v) is 14.0. The Kier molecular flexibility index (Phi) is 5.01. The number of halogens is 2. The van der Waals surface area contributed by atoms with E-state index in [0.717, 1.165) is 16.6 Å². The molecule has 0 atom stereocenters. The average Bonchev–Trinajstić information content (AvgIpc) is 2.39. The Morgan fingerprint density at radius 3 is 2.48 bits per heavy atom. The van der Waals surface area contributed by atoms with Crippen LogP contribution in [0.15, 0.2) is 46.9 Å². The summed E-state index contributed by atoms with van der Waals surface area (Å²) in [6.07, 6.45) is 0. The Morgan fingerprint density at radius 1 is 1.14 bits per heavy atom. The van der Waals surface area contributed by atoms with Crippen LogP contribution in [-0.4, -0.2) is 5.54 Å². The van der Waals surface area contributed by atoms with Gasteiger partial charge >= 0.3 is 0 Å². The first kappa shape index (κ1) is 16.0. The van der Waals surface area contributed by atoms with Gasteiger partial charge in [0.15, 0.2) is 11.6 Å². The lowest BCUT2D eigenvalue weighted by Gasteiger charge is -2.21. The van der Waals surface area contributed by atoms with Crippen molar-refractivity contribution in [2.75, 3.05) is 0 Å². The number of rotatable bonds is 4. The molecule has 2 aromatic carbocycles. The maximum absolute atomic E-state index is 13.6. The van der Waals surface area contributed by atoms with Gasteiger partial charge in [0, 0.05) is 16.6 Å². The number of ether oxygens (including phenoxy) is 1. The van der Waals surface area contributed by atoms with Crippen molar-refractivity contribution in [1.29, 1.82) is 0 Å². The van der Waals surface area contributed by atoms with Crippen molar-refractivity contribution >= 4 is 15.9 Å². The van der Waals surface area contributed by atoms with Crippen LogP contribution in [0.2, 0.25) is 0 Å². The van der Waals surface area contributed by atoms with Gasteiger partial charge in [0.25, 0.3) is 0 Å². The van der Waals surface area contributed by atoms with Crippen molar-refractivity contribution < 1.29 is 9.13 Å². The first-order valence-electron chi connectivity index (χ1n) is 6.81. The topological polar surface area (TPSA) is 21.3 Å². The minimum Gasteiger partial charge on any atom is -0.454 e. The van der Waals surface area contributed by atoms with Gasteiger partial charge < -0.3 is 10.1 Å². The average molecular weight is 352 g/mol. The van der Waals surface area contributed by atoms with Crippen molar-refractivity contribution in [1.82, 2.24) is 5.32 Å². The fourth-order valence-electron chi connectivity index (χ4n) is 1.75. The van der Waals surface area contributed by atoms with E-state index in [0.29, 0.717) is 5.75 Å². The summed E-state index contributed by atoms with van der Waals surface area (Å²) in [6, 6.07) is 12.0. The van der Waals surface area contributed by atoms with Gasteiger partial charge in [0.1, 0.15) is 5.75 Å². The predicted molar refractivity (Wildman–Crippen MR) is 87.2 cm³/mol. The lowest BCUT2D eigenvalue weighted by atomic mass is 10.1. The van der Waals surface area contributed by atoms with Crippen LogP contribution in [0.1, 0.15) is 26.3 Å². The normalized spacial score (nSPS) is 11.5. The Hall–Kier alpha value is -1.39. The van der Waals surface area contributed by atoms with Crippen molar-refractivity contribution in [3.8, 4) is 11.5 Å². The van der Waals surface area contributed by atoms with Crippen LogP contribution in [0.5, 0.6) is 11.5 Å². The molecule has 4 heteroatoms. The van der Waals surface area contributed by atoms with Crippen molar-refractivity contribution in [2.24, 2.45) is 0 Å². The summed E-state index contributed by atoms with van der Waals surface area (Å²) in [4.78, 5) is 0. The van der Waals surface area contributed by atoms with Crippen molar-refractivity contribution in [3.63, 3.8) is 0 Å². The van der Waals surface area contributed by atoms with Crippen LogP contribution in [0.3, 0.4) is 0 Å². The third-order valence-corrected chi connectivity index (χ3v) is 3.64. The zero-order chi connectivity index (χ0) is 15.5. The second-order valence-electron chi connectivity index (χ2n) is 5.89. The van der Waals surface area contributed by atoms with Crippen LogP contribution in [0, 0.1) is 5.82 Å². The van der Waals surface area contributed by atoms with Gasteiger partial charge in [-0.15, -0.1) is 0 Å². The molecule has 112 valence electrons. The molecule has 21 heavy (non-hydrogen) atoms. The second kappa shape index (κ2) is 6.58. The predicted octanol–water partition coefficient (Wildman–Crippen LogP) is 5.27. The minimum absolute atomic E-state index is 0.0573. The highest BCUT2D eigenvalue weighted by Crippen LogP contribution is 2.28. The number of benzene rings is 2. The fourth-order valence-corrected chi connectivity index (χ4v) is 2.25. The van der Waals surface area contributed by atoms with Gasteiger partial charge in [-0.25, -0.2) is 4.39 Å². The lowest BCUT2D eigenvalue weighted by molar-refractivity contribution is 0.423. The quantitative estimate of drug-likeness (QED) is 0.810. The molecule has 0 aliphatic rings. The number of hydrogen-bond acceptors (Lipinski definition) is 2. The monoisotopic (exact) mass is 351 g/mol. The minimum atomic E-state index is -0.368. The molecule has 0 aromatic heterocycles. The molecule has 0 saturated heterocycles. The SMILES string of the molecule is CC(C)(C)NCc1ccc(Oc2ccccc2F)cc1Br. The zero-order valence-electron chi connectivity index (χ0n) is 12.4. The van der Waals surface area contributed by atoms with Gasteiger partial charge in [-0.05, 0) is 50.6 Å². The largest absolute Gasteiger partial charge is 0.454 e. The Morgan fingerprint density at radius 2 is 1.86 bits per heavy atom. The number of nitrogens with one attached hydrogen (secondary N) is 1. The van der Waals surface area contributed by atoms with Crippen LogP contribution < -0.4 is 10.1 Å². The summed E-state index contributed by atoms with van der Waals surface area (Å²) < 4.78 is 20.1. The molecule has 2 aromatic rings. The van der Waals surface area contributed by atoms with E-state index in [1.54, 1.807) is 18.2 Å². The Balaban J connectivity index is 2.10. The number of hydrogen-bond donors (Lipinski definition) is 1. The molecule has 0 bridgehead atoms. The van der Waals surface area contributed by atoms with Crippen LogP contribution >= 0.6 is 15.9 Å². The van der Waals surface area contributed by atoms with Gasteiger partial charge in [-0.1, -0.05) is 34.1 Å². The molecule has 2 nitrogen and oxygen atoms in total. The maximum Gasteiger partial charge on any atom is 0.165 e. The van der Waals surface area contributed by atoms with E-state index in [-0.39, 0.29) is 17.1 Å². The molecule has 0 spiro atoms. The van der Waals surface area contributed by atoms with E-state index in [4.69, 9.17) is 4.74 Å². The molecule has 0 fully saturated rings. The molecule has 0 aliphatic carbocycles. The summed E-state index contributed by atoms with van der Waals surface area (Å²) in [5, 5.41) is 3.43. The van der Waals surface area contributed by atoms with Crippen LogP contribution in [0.4, 0.5) is 4.39 Å². The third kappa shape index (κ3) is 4.83. The van der Waals surface area contributed by atoms with Gasteiger partial charge in [-0.2, -0.15) is 0 Å². The molecule has 2 rings (SSSR count). The van der Waals surface area contributed by atoms with E-state index in [1.807, 2.05) is 18.2 Å². The molecule has 1 N–H and O–H groups in total. The molecule has 0 amide bonds. The summed E-state index contributed by atoms with van der Waals surface area (Å²) in [5.74, 6) is 0.462. The number of para-hydroxylation sites is 1. The summed E-state index contributed by atoms with van der Waals surface area (Å²) in [6.45, 7) is 7.12. The van der Waals surface area contributed by atoms with E-state index in [2.05, 4.69) is 42.0 Å². The van der Waals surface area contributed by atoms with Gasteiger partial charge in [-0.3, -0.25) is 0 Å². The van der Waals surface area contributed by atoms with E-state index >= 15 is 0 Å². The first-order chi connectivity index (χ1) is 9.85. The maximum atomic E-state index is 13.6. The third-order valence-electron chi connectivity index (χ3n) is 2.90. The first-order valence-corrected chi connectivity index (χ1v) is 7.60. The lowest BCUT2D eigenvalue weighted by Crippen LogP contribution is -2.35. The molecule has 0 radical (unpaired) electrons. The van der Waals surface area contributed by atoms with Crippen molar-refractivity contribution in [3.05, 3.63) is 58.3 Å². The van der Waals surface area contributed by atoms with E-state index < -0.39 is 0 Å². The molecular weight excluding hydrogens is 333 g/mol. The molecule has 0 heterocycles. The van der Waals surface area contributed by atoms with Crippen LogP contribution in [0.25, 0.3) is 0 Å². The standard InChI is InChI=1S/C17H19BrFNO/c1-17(2,3)20-11-12-8-9-13(10-14(12)18)21-16-7-5-4-6-15(16)19/h4-10,20H,11H2,1-3H3. The van der Waals surface area contributed by atoms with E-state index in [9.17, 15) is 4.39 Å². The summed E-state index contributed by atoms with van der Waals surface area (Å²) >= 11 is 3.53. The highest BCUT2D eigenvalue weighted by molar-refractivity contribution is 9.10. The second-order valence-corrected chi connectivity index (χ2v) is 6.74. The molecule has 0 aliphatic heterocycles. The molecule has 0 unspecified atom stereocenters. The fraction of sp³-hybridized carbons (Fsp3) is 0.294.